The van der Waals surface area contributed by atoms with E-state index < -0.39 is 5.91 Å². The maximum Gasteiger partial charge on any atom is 0.276 e. The summed E-state index contributed by atoms with van der Waals surface area (Å²) in [6.45, 7) is 0. The van der Waals surface area contributed by atoms with Gasteiger partial charge in [-0.05, 0) is 35.7 Å². The third kappa shape index (κ3) is 2.94. The number of carbonyl (C=O) groups is 2. The van der Waals surface area contributed by atoms with E-state index in [2.05, 4.69) is 4.98 Å². The van der Waals surface area contributed by atoms with Gasteiger partial charge in [-0.15, -0.1) is 0 Å². The molecule has 3 rings (SSSR count). The maximum absolute atomic E-state index is 12.7. The average Bonchev–Trinajstić information content (AvgIpc) is 2.60. The van der Waals surface area contributed by atoms with Crippen LogP contribution < -0.4 is 10.6 Å². The molecule has 0 aliphatic carbocycles. The van der Waals surface area contributed by atoms with Gasteiger partial charge in [0.15, 0.2) is 0 Å². The Kier molecular flexibility index (Phi) is 4.18. The molecule has 2 N–H and O–H groups in total. The lowest BCUT2D eigenvalue weighted by atomic mass is 10.1. The Morgan fingerprint density at radius 1 is 1.08 bits per heavy atom. The van der Waals surface area contributed by atoms with Crippen LogP contribution >= 0.6 is 11.6 Å². The number of rotatable bonds is 3. The first-order valence-corrected chi connectivity index (χ1v) is 7.58. The standard InChI is InChI=1S/C18H14ClN3O2/c1-22(13-8-6-11(7-9-13)17(20)23)18(24)15-10-12-4-2-3-5-14(12)16(19)21-15/h2-10H,1H3,(H2,20,23). The minimum Gasteiger partial charge on any atom is -0.366 e. The number of benzene rings is 2. The number of halogens is 1. The fourth-order valence-corrected chi connectivity index (χ4v) is 2.67. The van der Waals surface area contributed by atoms with Crippen molar-refractivity contribution in [2.75, 3.05) is 11.9 Å². The van der Waals surface area contributed by atoms with E-state index in [1.54, 1.807) is 37.4 Å². The molecular weight excluding hydrogens is 326 g/mol. The fraction of sp³-hybridized carbons (Fsp3) is 0.0556. The Hall–Kier alpha value is -2.92. The molecule has 0 unspecified atom stereocenters. The summed E-state index contributed by atoms with van der Waals surface area (Å²) in [6.07, 6.45) is 0. The lowest BCUT2D eigenvalue weighted by molar-refractivity contribution is 0.0985. The quantitative estimate of drug-likeness (QED) is 0.744. The van der Waals surface area contributed by atoms with Crippen molar-refractivity contribution < 1.29 is 9.59 Å². The van der Waals surface area contributed by atoms with Gasteiger partial charge in [0.2, 0.25) is 5.91 Å². The van der Waals surface area contributed by atoms with Crippen molar-refractivity contribution in [1.82, 2.24) is 4.98 Å². The summed E-state index contributed by atoms with van der Waals surface area (Å²) >= 11 is 6.18. The number of hydrogen-bond acceptors (Lipinski definition) is 3. The lowest BCUT2D eigenvalue weighted by Crippen LogP contribution is -2.27. The SMILES string of the molecule is CN(C(=O)c1cc2ccccc2c(Cl)n1)c1ccc(C(N)=O)cc1. The molecule has 2 amide bonds. The van der Waals surface area contributed by atoms with Gasteiger partial charge in [-0.1, -0.05) is 35.9 Å². The minimum atomic E-state index is -0.515. The predicted octanol–water partition coefficient (Wildman–Crippen LogP) is 3.26. The summed E-state index contributed by atoms with van der Waals surface area (Å²) in [7, 11) is 1.63. The highest BCUT2D eigenvalue weighted by Crippen LogP contribution is 2.24. The maximum atomic E-state index is 12.7. The Morgan fingerprint density at radius 2 is 1.75 bits per heavy atom. The van der Waals surface area contributed by atoms with E-state index in [-0.39, 0.29) is 16.8 Å². The van der Waals surface area contributed by atoms with Gasteiger partial charge < -0.3 is 10.6 Å². The number of primary amides is 1. The summed E-state index contributed by atoms with van der Waals surface area (Å²) in [5.41, 5.74) is 6.47. The van der Waals surface area contributed by atoms with Crippen molar-refractivity contribution >= 4 is 39.9 Å². The minimum absolute atomic E-state index is 0.250. The number of anilines is 1. The van der Waals surface area contributed by atoms with Gasteiger partial charge in [-0.2, -0.15) is 0 Å². The van der Waals surface area contributed by atoms with Gasteiger partial charge in [0.05, 0.1) is 0 Å². The van der Waals surface area contributed by atoms with Crippen LogP contribution in [0.2, 0.25) is 5.15 Å². The number of carbonyl (C=O) groups excluding carboxylic acids is 2. The Morgan fingerprint density at radius 3 is 2.42 bits per heavy atom. The van der Waals surface area contributed by atoms with Crippen LogP contribution in [0.5, 0.6) is 0 Å². The van der Waals surface area contributed by atoms with Gasteiger partial charge in [-0.25, -0.2) is 4.98 Å². The molecule has 5 nitrogen and oxygen atoms in total. The lowest BCUT2D eigenvalue weighted by Gasteiger charge is -2.17. The molecule has 2 aromatic carbocycles. The van der Waals surface area contributed by atoms with Crippen molar-refractivity contribution in [3.8, 4) is 0 Å². The van der Waals surface area contributed by atoms with Gasteiger partial charge in [-0.3, -0.25) is 9.59 Å². The molecule has 0 aliphatic rings. The second-order valence-electron chi connectivity index (χ2n) is 5.29. The normalized spacial score (nSPS) is 10.6. The van der Waals surface area contributed by atoms with Crippen LogP contribution in [0.15, 0.2) is 54.6 Å². The number of aromatic nitrogens is 1. The molecule has 24 heavy (non-hydrogen) atoms. The van der Waals surface area contributed by atoms with Crippen molar-refractivity contribution in [1.29, 1.82) is 0 Å². The highest BCUT2D eigenvalue weighted by molar-refractivity contribution is 6.34. The molecule has 120 valence electrons. The van der Waals surface area contributed by atoms with E-state index >= 15 is 0 Å². The highest BCUT2D eigenvalue weighted by atomic mass is 35.5. The molecule has 0 fully saturated rings. The van der Waals surface area contributed by atoms with E-state index in [0.717, 1.165) is 10.8 Å². The topological polar surface area (TPSA) is 76.3 Å². The molecule has 6 heteroatoms. The number of nitrogens with zero attached hydrogens (tertiary/aromatic N) is 2. The second kappa shape index (κ2) is 6.29. The summed E-state index contributed by atoms with van der Waals surface area (Å²) < 4.78 is 0. The molecule has 1 heterocycles. The van der Waals surface area contributed by atoms with Crippen LogP contribution in [-0.2, 0) is 0 Å². The first-order chi connectivity index (χ1) is 11.5. The van der Waals surface area contributed by atoms with Gasteiger partial charge >= 0.3 is 0 Å². The summed E-state index contributed by atoms with van der Waals surface area (Å²) in [6, 6.07) is 15.6. The first kappa shape index (κ1) is 16.0. The molecule has 3 aromatic rings. The van der Waals surface area contributed by atoms with E-state index in [9.17, 15) is 9.59 Å². The molecular formula is C18H14ClN3O2. The Bertz CT molecular complexity index is 939. The smallest absolute Gasteiger partial charge is 0.276 e. The Balaban J connectivity index is 1.94. The number of amides is 2. The first-order valence-electron chi connectivity index (χ1n) is 7.20. The monoisotopic (exact) mass is 339 g/mol. The molecule has 0 saturated heterocycles. The number of nitrogens with two attached hydrogens (primary N) is 1. The molecule has 0 aliphatic heterocycles. The molecule has 0 bridgehead atoms. The molecule has 0 radical (unpaired) electrons. The van der Waals surface area contributed by atoms with Crippen molar-refractivity contribution in [2.24, 2.45) is 5.73 Å². The van der Waals surface area contributed by atoms with Gasteiger partial charge in [0, 0.05) is 23.7 Å². The van der Waals surface area contributed by atoms with Crippen LogP contribution in [0.4, 0.5) is 5.69 Å². The third-order valence-corrected chi connectivity index (χ3v) is 4.04. The van der Waals surface area contributed by atoms with E-state index in [4.69, 9.17) is 17.3 Å². The fourth-order valence-electron chi connectivity index (χ4n) is 2.40. The van der Waals surface area contributed by atoms with Gasteiger partial charge in [0.25, 0.3) is 5.91 Å². The highest BCUT2D eigenvalue weighted by Gasteiger charge is 2.17. The van der Waals surface area contributed by atoms with E-state index in [1.807, 2.05) is 24.3 Å². The van der Waals surface area contributed by atoms with Crippen molar-refractivity contribution in [3.05, 3.63) is 71.0 Å². The van der Waals surface area contributed by atoms with Crippen LogP contribution in [0.25, 0.3) is 10.8 Å². The predicted molar refractivity (Wildman–Crippen MR) is 94.4 cm³/mol. The van der Waals surface area contributed by atoms with Crippen LogP contribution in [-0.4, -0.2) is 23.8 Å². The van der Waals surface area contributed by atoms with Crippen molar-refractivity contribution in [2.45, 2.75) is 0 Å². The van der Waals surface area contributed by atoms with Crippen LogP contribution in [0.1, 0.15) is 20.8 Å². The largest absolute Gasteiger partial charge is 0.366 e. The van der Waals surface area contributed by atoms with Crippen LogP contribution in [0, 0.1) is 0 Å². The van der Waals surface area contributed by atoms with Crippen molar-refractivity contribution in [3.63, 3.8) is 0 Å². The van der Waals surface area contributed by atoms with E-state index in [1.165, 1.54) is 4.90 Å². The zero-order valence-electron chi connectivity index (χ0n) is 12.9. The second-order valence-corrected chi connectivity index (χ2v) is 5.65. The molecule has 1 aromatic heterocycles. The summed E-state index contributed by atoms with van der Waals surface area (Å²) in [5, 5.41) is 1.93. The molecule has 0 atom stereocenters. The third-order valence-electron chi connectivity index (χ3n) is 3.76. The number of hydrogen-bond donors (Lipinski definition) is 1. The zero-order valence-corrected chi connectivity index (χ0v) is 13.6. The zero-order chi connectivity index (χ0) is 17.3. The van der Waals surface area contributed by atoms with Gasteiger partial charge in [0.1, 0.15) is 10.8 Å². The summed E-state index contributed by atoms with van der Waals surface area (Å²) in [5.74, 6) is -0.812. The average molecular weight is 340 g/mol. The Labute approximate surface area is 143 Å². The molecule has 0 spiro atoms. The number of fused-ring (bicyclic) bond motifs is 1. The number of pyridine rings is 1. The van der Waals surface area contributed by atoms with E-state index in [0.29, 0.717) is 11.3 Å². The van der Waals surface area contributed by atoms with Crippen LogP contribution in [0.3, 0.4) is 0 Å². The summed E-state index contributed by atoms with van der Waals surface area (Å²) in [4.78, 5) is 29.4. The molecule has 0 saturated carbocycles.